The maximum absolute atomic E-state index is 14.8. The molecular weight excluding hydrogens is 338 g/mol. The Kier molecular flexibility index (Phi) is 6.82. The van der Waals surface area contributed by atoms with Crippen molar-refractivity contribution >= 4 is 16.6 Å². The molecule has 0 nitrogen and oxygen atoms in total. The van der Waals surface area contributed by atoms with E-state index in [1.165, 1.54) is 5.56 Å². The Hall–Kier alpha value is -1.96. The summed E-state index contributed by atoms with van der Waals surface area (Å²) in [7, 11) is 0. The van der Waals surface area contributed by atoms with Gasteiger partial charge in [0, 0.05) is 11.5 Å². The third-order valence-electron chi connectivity index (χ3n) is 5.89. The fraction of sp³-hybridized carbons (Fsp3) is 0.440. The van der Waals surface area contributed by atoms with Crippen molar-refractivity contribution in [1.82, 2.24) is 0 Å². The summed E-state index contributed by atoms with van der Waals surface area (Å²) in [5.41, 5.74) is 1.64. The van der Waals surface area contributed by atoms with Gasteiger partial charge in [-0.05, 0) is 73.3 Å². The van der Waals surface area contributed by atoms with Crippen LogP contribution >= 0.6 is 0 Å². The van der Waals surface area contributed by atoms with E-state index in [0.717, 1.165) is 62.1 Å². The molecular formula is C25H30F2. The summed E-state index contributed by atoms with van der Waals surface area (Å²) in [6, 6.07) is 11.6. The van der Waals surface area contributed by atoms with Gasteiger partial charge in [0.1, 0.15) is 5.83 Å². The van der Waals surface area contributed by atoms with Crippen LogP contribution in [0.2, 0.25) is 0 Å². The summed E-state index contributed by atoms with van der Waals surface area (Å²) < 4.78 is 29.6. The van der Waals surface area contributed by atoms with E-state index < -0.39 is 11.7 Å². The molecule has 2 heteroatoms. The normalized spacial score (nSPS) is 21.1. The minimum atomic E-state index is -0.677. The molecule has 1 fully saturated rings. The van der Waals surface area contributed by atoms with E-state index in [4.69, 9.17) is 0 Å². The molecule has 27 heavy (non-hydrogen) atoms. The molecule has 2 aromatic carbocycles. The van der Waals surface area contributed by atoms with E-state index in [9.17, 15) is 8.78 Å². The average Bonchev–Trinajstić information content (AvgIpc) is 2.71. The first-order valence-corrected chi connectivity index (χ1v) is 10.3. The molecule has 2 aromatic rings. The van der Waals surface area contributed by atoms with Gasteiger partial charge in [0.2, 0.25) is 0 Å². The summed E-state index contributed by atoms with van der Waals surface area (Å²) >= 11 is 0. The number of benzene rings is 2. The van der Waals surface area contributed by atoms with Crippen LogP contribution in [0.5, 0.6) is 0 Å². The Morgan fingerprint density at radius 3 is 2.44 bits per heavy atom. The summed E-state index contributed by atoms with van der Waals surface area (Å²) in [6.45, 7) is 5.92. The first-order valence-electron chi connectivity index (χ1n) is 10.3. The van der Waals surface area contributed by atoms with Gasteiger partial charge in [-0.2, -0.15) is 0 Å². The molecule has 1 aliphatic rings. The van der Waals surface area contributed by atoms with Gasteiger partial charge < -0.3 is 0 Å². The van der Waals surface area contributed by atoms with E-state index in [-0.39, 0.29) is 5.92 Å². The predicted octanol–water partition coefficient (Wildman–Crippen LogP) is 8.17. The Labute approximate surface area is 162 Å². The first kappa shape index (κ1) is 19.8. The first-order chi connectivity index (χ1) is 13.1. The molecule has 0 aromatic heterocycles. The molecule has 1 saturated carbocycles. The zero-order valence-corrected chi connectivity index (χ0v) is 16.3. The van der Waals surface area contributed by atoms with E-state index in [1.54, 1.807) is 12.1 Å². The minimum Gasteiger partial charge on any atom is -0.208 e. The number of hydrogen-bond donors (Lipinski definition) is 0. The minimum absolute atomic E-state index is 0.271. The fourth-order valence-electron chi connectivity index (χ4n) is 4.25. The van der Waals surface area contributed by atoms with Crippen LogP contribution in [0.15, 0.2) is 54.9 Å². The number of rotatable bonds is 7. The lowest BCUT2D eigenvalue weighted by Crippen LogP contribution is -2.15. The maximum atomic E-state index is 14.8. The highest BCUT2D eigenvalue weighted by atomic mass is 19.2. The van der Waals surface area contributed by atoms with E-state index in [0.29, 0.717) is 11.5 Å². The quantitative estimate of drug-likeness (QED) is 0.432. The van der Waals surface area contributed by atoms with Crippen molar-refractivity contribution < 1.29 is 8.78 Å². The number of hydrogen-bond acceptors (Lipinski definition) is 0. The molecule has 144 valence electrons. The number of halogens is 2. The smallest absolute Gasteiger partial charge is 0.162 e. The van der Waals surface area contributed by atoms with Gasteiger partial charge in [-0.15, -0.1) is 6.58 Å². The van der Waals surface area contributed by atoms with Crippen LogP contribution in [0.4, 0.5) is 8.78 Å². The van der Waals surface area contributed by atoms with Crippen LogP contribution in [0.25, 0.3) is 16.6 Å². The molecule has 0 atom stereocenters. The van der Waals surface area contributed by atoms with Crippen LogP contribution in [-0.4, -0.2) is 0 Å². The zero-order valence-electron chi connectivity index (χ0n) is 16.3. The second-order valence-electron chi connectivity index (χ2n) is 7.89. The van der Waals surface area contributed by atoms with Crippen LogP contribution in [0, 0.1) is 11.8 Å². The lowest BCUT2D eigenvalue weighted by Gasteiger charge is -2.27. The molecule has 0 spiro atoms. The topological polar surface area (TPSA) is 0 Å². The molecule has 0 aliphatic heterocycles. The van der Waals surface area contributed by atoms with Crippen molar-refractivity contribution in [3.05, 3.63) is 66.0 Å². The zero-order chi connectivity index (χ0) is 19.2. The van der Waals surface area contributed by atoms with Crippen molar-refractivity contribution in [3.8, 4) is 0 Å². The standard InChI is InChI=1S/C25H30F2/c1-3-5-7-18-8-11-20(12-9-18)24(26)25(27)23-15-14-21-16-19(6-4-2)10-13-22(21)17-23/h3,10,13-18,20H,1,4-9,11-12H2,2H3. The number of fused-ring (bicyclic) bond motifs is 1. The third kappa shape index (κ3) is 4.86. The number of aryl methyl sites for hydroxylation is 1. The number of allylic oxidation sites excluding steroid dienone is 2. The molecule has 1 aliphatic carbocycles. The second kappa shape index (κ2) is 9.30. The Bertz CT molecular complexity index is 810. The van der Waals surface area contributed by atoms with Crippen molar-refractivity contribution in [1.29, 1.82) is 0 Å². The highest BCUT2D eigenvalue weighted by Gasteiger charge is 2.26. The Balaban J connectivity index is 1.74. The van der Waals surface area contributed by atoms with Crippen LogP contribution < -0.4 is 0 Å². The van der Waals surface area contributed by atoms with Crippen molar-refractivity contribution in [2.45, 2.75) is 58.3 Å². The van der Waals surface area contributed by atoms with Gasteiger partial charge in [-0.1, -0.05) is 49.8 Å². The van der Waals surface area contributed by atoms with Crippen LogP contribution in [-0.2, 0) is 6.42 Å². The molecule has 0 heterocycles. The van der Waals surface area contributed by atoms with Crippen molar-refractivity contribution in [3.63, 3.8) is 0 Å². The lowest BCUT2D eigenvalue weighted by molar-refractivity contribution is 0.263. The van der Waals surface area contributed by atoms with Gasteiger partial charge in [0.15, 0.2) is 5.83 Å². The third-order valence-corrected chi connectivity index (χ3v) is 5.89. The second-order valence-corrected chi connectivity index (χ2v) is 7.89. The molecule has 0 N–H and O–H groups in total. The Morgan fingerprint density at radius 2 is 1.74 bits per heavy atom. The SMILES string of the molecule is C=CCCC1CCC(C(F)=C(F)c2ccc3cc(CCC)ccc3c2)CC1. The monoisotopic (exact) mass is 368 g/mol. The highest BCUT2D eigenvalue weighted by molar-refractivity contribution is 5.86. The molecule has 0 unspecified atom stereocenters. The predicted molar refractivity (Wildman–Crippen MR) is 112 cm³/mol. The molecule has 0 saturated heterocycles. The van der Waals surface area contributed by atoms with Crippen molar-refractivity contribution in [2.24, 2.45) is 11.8 Å². The molecule has 0 radical (unpaired) electrons. The largest absolute Gasteiger partial charge is 0.208 e. The van der Waals surface area contributed by atoms with Gasteiger partial charge in [-0.3, -0.25) is 0 Å². The summed E-state index contributed by atoms with van der Waals surface area (Å²) in [5, 5.41) is 2.05. The van der Waals surface area contributed by atoms with E-state index in [2.05, 4.69) is 25.6 Å². The van der Waals surface area contributed by atoms with Gasteiger partial charge in [0.25, 0.3) is 0 Å². The van der Waals surface area contributed by atoms with Gasteiger partial charge in [0.05, 0.1) is 0 Å². The van der Waals surface area contributed by atoms with E-state index in [1.807, 2.05) is 18.2 Å². The summed E-state index contributed by atoms with van der Waals surface area (Å²) in [6.07, 6.45) is 9.67. The molecule has 0 amide bonds. The van der Waals surface area contributed by atoms with E-state index >= 15 is 0 Å². The van der Waals surface area contributed by atoms with Crippen LogP contribution in [0.3, 0.4) is 0 Å². The summed E-state index contributed by atoms with van der Waals surface area (Å²) in [4.78, 5) is 0. The average molecular weight is 369 g/mol. The van der Waals surface area contributed by atoms with Gasteiger partial charge >= 0.3 is 0 Å². The van der Waals surface area contributed by atoms with Crippen LogP contribution in [0.1, 0.15) is 63.0 Å². The van der Waals surface area contributed by atoms with Crippen molar-refractivity contribution in [2.75, 3.05) is 0 Å². The molecule has 3 rings (SSSR count). The lowest BCUT2D eigenvalue weighted by atomic mass is 9.79. The highest BCUT2D eigenvalue weighted by Crippen LogP contribution is 2.39. The van der Waals surface area contributed by atoms with Gasteiger partial charge in [-0.25, -0.2) is 8.78 Å². The maximum Gasteiger partial charge on any atom is 0.162 e. The molecule has 0 bridgehead atoms. The fourth-order valence-corrected chi connectivity index (χ4v) is 4.25. The summed E-state index contributed by atoms with van der Waals surface area (Å²) in [5.74, 6) is -0.871. The Morgan fingerprint density at radius 1 is 1.04 bits per heavy atom.